The molecule has 1 heterocycles. The van der Waals surface area contributed by atoms with Crippen LogP contribution in [-0.4, -0.2) is 13.0 Å². The maximum Gasteiger partial charge on any atom is 0.263 e. The molecule has 2 aromatic rings. The molecule has 0 bridgehead atoms. The fraction of sp³-hybridized carbons (Fsp3) is 0.231. The molecule has 0 amide bonds. The third-order valence-electron chi connectivity index (χ3n) is 2.97. The maximum atomic E-state index is 13.6. The Morgan fingerprint density at radius 3 is 2.65 bits per heavy atom. The Bertz CT molecular complexity index is 738. The van der Waals surface area contributed by atoms with Crippen LogP contribution in [0.5, 0.6) is 0 Å². The number of sulfonamides is 1. The molecule has 0 unspecified atom stereocenters. The predicted molar refractivity (Wildman–Crippen MR) is 75.2 cm³/mol. The van der Waals surface area contributed by atoms with Crippen LogP contribution in [0.25, 0.3) is 0 Å². The Hall–Kier alpha value is -1.86. The molecular formula is C13H16FN3O2S. The van der Waals surface area contributed by atoms with E-state index in [2.05, 4.69) is 4.72 Å². The number of nitrogens with one attached hydrogen (secondary N) is 1. The van der Waals surface area contributed by atoms with Gasteiger partial charge in [-0.3, -0.25) is 4.72 Å². The Balaban J connectivity index is 2.37. The van der Waals surface area contributed by atoms with Gasteiger partial charge < -0.3 is 10.3 Å². The average Bonchev–Trinajstić information content (AvgIpc) is 2.76. The van der Waals surface area contributed by atoms with Crippen molar-refractivity contribution in [3.05, 3.63) is 47.5 Å². The van der Waals surface area contributed by atoms with E-state index in [-0.39, 0.29) is 17.1 Å². The summed E-state index contributed by atoms with van der Waals surface area (Å²) in [6, 6.07) is 5.71. The molecule has 7 heteroatoms. The number of hydrogen-bond donors (Lipinski definition) is 2. The largest absolute Gasteiger partial charge is 0.352 e. The van der Waals surface area contributed by atoms with Gasteiger partial charge in [-0.25, -0.2) is 12.8 Å². The Labute approximate surface area is 117 Å². The third kappa shape index (κ3) is 2.83. The van der Waals surface area contributed by atoms with E-state index in [4.69, 9.17) is 5.73 Å². The second-order valence-corrected chi connectivity index (χ2v) is 6.25. The summed E-state index contributed by atoms with van der Waals surface area (Å²) >= 11 is 0. The molecule has 3 N–H and O–H groups in total. The molecule has 1 aromatic heterocycles. The highest BCUT2D eigenvalue weighted by molar-refractivity contribution is 7.92. The number of nitrogens with zero attached hydrogens (tertiary/aromatic N) is 1. The van der Waals surface area contributed by atoms with E-state index in [0.29, 0.717) is 5.69 Å². The number of benzene rings is 1. The summed E-state index contributed by atoms with van der Waals surface area (Å²) in [6.07, 6.45) is 1.44. The van der Waals surface area contributed by atoms with Crippen molar-refractivity contribution in [1.82, 2.24) is 4.57 Å². The van der Waals surface area contributed by atoms with E-state index in [9.17, 15) is 12.8 Å². The highest BCUT2D eigenvalue weighted by Crippen LogP contribution is 2.21. The van der Waals surface area contributed by atoms with Gasteiger partial charge in [0.2, 0.25) is 0 Å². The monoisotopic (exact) mass is 297 g/mol. The first-order valence-corrected chi connectivity index (χ1v) is 7.46. The number of rotatable bonds is 4. The van der Waals surface area contributed by atoms with Crippen molar-refractivity contribution in [2.75, 3.05) is 4.72 Å². The summed E-state index contributed by atoms with van der Waals surface area (Å²) in [7, 11) is -2.13. The first-order chi connectivity index (χ1) is 9.33. The zero-order chi connectivity index (χ0) is 14.9. The van der Waals surface area contributed by atoms with Crippen LogP contribution >= 0.6 is 0 Å². The van der Waals surface area contributed by atoms with Gasteiger partial charge in [-0.05, 0) is 30.7 Å². The van der Waals surface area contributed by atoms with Crippen molar-refractivity contribution in [3.8, 4) is 0 Å². The van der Waals surface area contributed by atoms with E-state index in [0.717, 1.165) is 5.56 Å². The quantitative estimate of drug-likeness (QED) is 0.902. The van der Waals surface area contributed by atoms with E-state index >= 15 is 0 Å². The number of hydrogen-bond acceptors (Lipinski definition) is 3. The molecule has 0 saturated carbocycles. The van der Waals surface area contributed by atoms with E-state index in [1.165, 1.54) is 24.4 Å². The third-order valence-corrected chi connectivity index (χ3v) is 4.30. The fourth-order valence-electron chi connectivity index (χ4n) is 1.85. The van der Waals surface area contributed by atoms with Crippen molar-refractivity contribution >= 4 is 15.7 Å². The first kappa shape index (κ1) is 14.5. The van der Waals surface area contributed by atoms with Crippen LogP contribution in [0.4, 0.5) is 10.1 Å². The van der Waals surface area contributed by atoms with Crippen LogP contribution in [0.2, 0.25) is 0 Å². The SMILES string of the molecule is Cc1ccc(F)c(NS(=O)(=O)c2cc(CN)n(C)c2)c1. The van der Waals surface area contributed by atoms with Gasteiger partial charge in [-0.1, -0.05) is 6.07 Å². The number of aromatic nitrogens is 1. The lowest BCUT2D eigenvalue weighted by Crippen LogP contribution is -2.13. The van der Waals surface area contributed by atoms with Crippen LogP contribution in [0.1, 0.15) is 11.3 Å². The lowest BCUT2D eigenvalue weighted by atomic mass is 10.2. The number of aryl methyl sites for hydroxylation is 2. The summed E-state index contributed by atoms with van der Waals surface area (Å²) < 4.78 is 41.9. The molecule has 5 nitrogen and oxygen atoms in total. The standard InChI is InChI=1S/C13H16FN3O2S/c1-9-3-4-12(14)13(5-9)16-20(18,19)11-6-10(7-15)17(2)8-11/h3-6,8,16H,7,15H2,1-2H3. The molecule has 0 fully saturated rings. The minimum Gasteiger partial charge on any atom is -0.352 e. The molecule has 1 aromatic carbocycles. The normalized spacial score (nSPS) is 11.6. The van der Waals surface area contributed by atoms with Crippen molar-refractivity contribution in [3.63, 3.8) is 0 Å². The zero-order valence-corrected chi connectivity index (χ0v) is 12.0. The van der Waals surface area contributed by atoms with E-state index in [1.54, 1.807) is 24.6 Å². The highest BCUT2D eigenvalue weighted by atomic mass is 32.2. The molecule has 0 saturated heterocycles. The van der Waals surface area contributed by atoms with Crippen molar-refractivity contribution < 1.29 is 12.8 Å². The minimum atomic E-state index is -3.83. The number of nitrogens with two attached hydrogens (primary N) is 1. The van der Waals surface area contributed by atoms with E-state index in [1.807, 2.05) is 0 Å². The molecule has 0 spiro atoms. The molecule has 0 radical (unpaired) electrons. The Morgan fingerprint density at radius 1 is 1.35 bits per heavy atom. The molecular weight excluding hydrogens is 281 g/mol. The van der Waals surface area contributed by atoms with Crippen LogP contribution in [0.3, 0.4) is 0 Å². The predicted octanol–water partition coefficient (Wildman–Crippen LogP) is 1.73. The van der Waals surface area contributed by atoms with E-state index < -0.39 is 15.8 Å². The second kappa shape index (κ2) is 5.26. The van der Waals surface area contributed by atoms with Gasteiger partial charge in [0, 0.05) is 25.5 Å². The molecule has 108 valence electrons. The van der Waals surface area contributed by atoms with Gasteiger partial charge in [0.15, 0.2) is 0 Å². The van der Waals surface area contributed by atoms with Crippen LogP contribution in [0.15, 0.2) is 35.4 Å². The molecule has 0 aliphatic rings. The topological polar surface area (TPSA) is 77.1 Å². The smallest absolute Gasteiger partial charge is 0.263 e. The second-order valence-electron chi connectivity index (χ2n) is 4.57. The van der Waals surface area contributed by atoms with Gasteiger partial charge >= 0.3 is 0 Å². The lowest BCUT2D eigenvalue weighted by molar-refractivity contribution is 0.598. The highest BCUT2D eigenvalue weighted by Gasteiger charge is 2.19. The molecule has 0 atom stereocenters. The van der Waals surface area contributed by atoms with Crippen molar-refractivity contribution in [1.29, 1.82) is 0 Å². The van der Waals surface area contributed by atoms with Gasteiger partial charge in [-0.2, -0.15) is 0 Å². The molecule has 0 aliphatic heterocycles. The summed E-state index contributed by atoms with van der Waals surface area (Å²) in [5.41, 5.74) is 6.88. The molecule has 20 heavy (non-hydrogen) atoms. The van der Waals surface area contributed by atoms with Crippen molar-refractivity contribution in [2.24, 2.45) is 12.8 Å². The zero-order valence-electron chi connectivity index (χ0n) is 11.2. The lowest BCUT2D eigenvalue weighted by Gasteiger charge is -2.08. The van der Waals surface area contributed by atoms with Gasteiger partial charge in [0.1, 0.15) is 10.7 Å². The average molecular weight is 297 g/mol. The molecule has 0 aliphatic carbocycles. The number of anilines is 1. The minimum absolute atomic E-state index is 0.0568. The Kier molecular flexibility index (Phi) is 3.82. The fourth-order valence-corrected chi connectivity index (χ4v) is 3.00. The van der Waals surface area contributed by atoms with Crippen LogP contribution in [0, 0.1) is 12.7 Å². The van der Waals surface area contributed by atoms with Crippen LogP contribution < -0.4 is 10.5 Å². The number of halogens is 1. The summed E-state index contributed by atoms with van der Waals surface area (Å²) in [5.74, 6) is -0.617. The van der Waals surface area contributed by atoms with Gasteiger partial charge in [-0.15, -0.1) is 0 Å². The summed E-state index contributed by atoms with van der Waals surface area (Å²) in [4.78, 5) is 0.0568. The molecule has 2 rings (SSSR count). The van der Waals surface area contributed by atoms with Crippen LogP contribution in [-0.2, 0) is 23.6 Å². The maximum absolute atomic E-state index is 13.6. The first-order valence-electron chi connectivity index (χ1n) is 5.98. The summed E-state index contributed by atoms with van der Waals surface area (Å²) in [6.45, 7) is 1.98. The summed E-state index contributed by atoms with van der Waals surface area (Å²) in [5, 5.41) is 0. The Morgan fingerprint density at radius 2 is 2.05 bits per heavy atom. The van der Waals surface area contributed by atoms with Crippen molar-refractivity contribution in [2.45, 2.75) is 18.4 Å². The van der Waals surface area contributed by atoms with Gasteiger partial charge in [0.25, 0.3) is 10.0 Å². The van der Waals surface area contributed by atoms with Gasteiger partial charge in [0.05, 0.1) is 5.69 Å².